The summed E-state index contributed by atoms with van der Waals surface area (Å²) in [5.41, 5.74) is 1.62. The number of H-pyrrole nitrogens is 1. The number of nitrogens with zero attached hydrogens (tertiary/aromatic N) is 3. The van der Waals surface area contributed by atoms with Crippen LogP contribution >= 0.6 is 0 Å². The lowest BCUT2D eigenvalue weighted by Crippen LogP contribution is -2.35. The zero-order valence-corrected chi connectivity index (χ0v) is 16.6. The van der Waals surface area contributed by atoms with E-state index in [2.05, 4.69) is 20.7 Å². The number of rotatable bonds is 6. The Labute approximate surface area is 168 Å². The molecular formula is C20H27N5O4. The van der Waals surface area contributed by atoms with Crippen molar-refractivity contribution in [1.29, 1.82) is 0 Å². The Morgan fingerprint density at radius 1 is 1.34 bits per heavy atom. The number of hydrogen-bond donors (Lipinski definition) is 3. The lowest BCUT2D eigenvalue weighted by molar-refractivity contribution is -0.115. The monoisotopic (exact) mass is 401 g/mol. The molecule has 0 radical (unpaired) electrons. The van der Waals surface area contributed by atoms with E-state index in [0.717, 1.165) is 44.2 Å². The summed E-state index contributed by atoms with van der Waals surface area (Å²) in [6, 6.07) is 3.80. The number of carboxylic acid groups (broad SMARTS) is 1. The first-order valence-electron chi connectivity index (χ1n) is 10.2. The number of nitrogens with one attached hydrogen (secondary N) is 2. The van der Waals surface area contributed by atoms with Gasteiger partial charge >= 0.3 is 6.09 Å². The molecule has 2 aliphatic rings. The Balaban J connectivity index is 1.28. The Kier molecular flexibility index (Phi) is 5.55. The van der Waals surface area contributed by atoms with Crippen molar-refractivity contribution < 1.29 is 19.2 Å². The van der Waals surface area contributed by atoms with Crippen molar-refractivity contribution >= 4 is 17.8 Å². The quantitative estimate of drug-likeness (QED) is 0.682. The van der Waals surface area contributed by atoms with Crippen molar-refractivity contribution in [1.82, 2.24) is 20.3 Å². The Morgan fingerprint density at radius 3 is 2.97 bits per heavy atom. The molecule has 4 rings (SSSR count). The highest BCUT2D eigenvalue weighted by Crippen LogP contribution is 2.41. The van der Waals surface area contributed by atoms with Crippen LogP contribution in [0.1, 0.15) is 61.6 Å². The molecule has 0 aromatic carbocycles. The first-order chi connectivity index (χ1) is 14.0. The topological polar surface area (TPSA) is 124 Å². The van der Waals surface area contributed by atoms with Crippen LogP contribution in [-0.4, -0.2) is 49.9 Å². The van der Waals surface area contributed by atoms with Crippen LogP contribution in [0.2, 0.25) is 0 Å². The van der Waals surface area contributed by atoms with E-state index in [9.17, 15) is 14.7 Å². The van der Waals surface area contributed by atoms with E-state index in [0.29, 0.717) is 35.7 Å². The van der Waals surface area contributed by atoms with Gasteiger partial charge < -0.3 is 19.8 Å². The highest BCUT2D eigenvalue weighted by Gasteiger charge is 2.34. The molecule has 1 aliphatic carbocycles. The number of amides is 2. The van der Waals surface area contributed by atoms with Gasteiger partial charge in [-0.3, -0.25) is 9.89 Å². The number of anilines is 1. The summed E-state index contributed by atoms with van der Waals surface area (Å²) in [5, 5.41) is 23.2. The van der Waals surface area contributed by atoms with Crippen molar-refractivity contribution in [2.75, 3.05) is 11.9 Å². The van der Waals surface area contributed by atoms with Gasteiger partial charge in [0.1, 0.15) is 5.76 Å². The molecule has 9 heteroatoms. The smallest absolute Gasteiger partial charge is 0.407 e. The van der Waals surface area contributed by atoms with Crippen molar-refractivity contribution in [3.8, 4) is 0 Å². The van der Waals surface area contributed by atoms with E-state index in [1.807, 2.05) is 6.07 Å². The summed E-state index contributed by atoms with van der Waals surface area (Å²) in [6.07, 6.45) is 5.40. The van der Waals surface area contributed by atoms with Crippen molar-refractivity contribution in [3.05, 3.63) is 29.3 Å². The second kappa shape index (κ2) is 8.26. The van der Waals surface area contributed by atoms with Crippen LogP contribution in [0.25, 0.3) is 0 Å². The summed E-state index contributed by atoms with van der Waals surface area (Å²) < 4.78 is 4.98. The fraction of sp³-hybridized carbons (Fsp3) is 0.600. The zero-order chi connectivity index (χ0) is 20.4. The van der Waals surface area contributed by atoms with E-state index in [4.69, 9.17) is 4.52 Å². The number of carbonyl (C=O) groups is 2. The standard InChI is InChI=1S/C20H27N5O4/c1-12-7-15(24-29-12)10-19(26)21-18-11-17(22-23-18)14-5-4-13(8-14)9-16-3-2-6-25(16)20(27)28/h7,11,13-14,16H,2-6,8-10H2,1H3,(H,27,28)(H2,21,22,23,26)/t13?,14?,16-/m0/s1. The molecule has 2 fully saturated rings. The van der Waals surface area contributed by atoms with E-state index in [-0.39, 0.29) is 18.4 Å². The van der Waals surface area contributed by atoms with Crippen molar-refractivity contribution in [2.45, 2.75) is 63.8 Å². The third-order valence-electron chi connectivity index (χ3n) is 6.09. The molecule has 0 bridgehead atoms. The molecule has 2 amide bonds. The van der Waals surface area contributed by atoms with Crippen LogP contribution < -0.4 is 5.32 Å². The van der Waals surface area contributed by atoms with Gasteiger partial charge in [0.2, 0.25) is 5.91 Å². The summed E-state index contributed by atoms with van der Waals surface area (Å²) in [5.74, 6) is 1.91. The second-order valence-corrected chi connectivity index (χ2v) is 8.25. The van der Waals surface area contributed by atoms with E-state index in [1.54, 1.807) is 17.9 Å². The van der Waals surface area contributed by atoms with Gasteiger partial charge in [-0.05, 0) is 51.4 Å². The number of aryl methyl sites for hydroxylation is 1. The third kappa shape index (κ3) is 4.60. The molecule has 2 aromatic heterocycles. The van der Waals surface area contributed by atoms with Gasteiger partial charge in [-0.15, -0.1) is 0 Å². The molecule has 1 saturated heterocycles. The average Bonchev–Trinajstić information content (AvgIpc) is 3.43. The number of aromatic amines is 1. The fourth-order valence-corrected chi connectivity index (χ4v) is 4.75. The molecular weight excluding hydrogens is 374 g/mol. The molecule has 9 nitrogen and oxygen atoms in total. The Hall–Kier alpha value is -2.84. The highest BCUT2D eigenvalue weighted by molar-refractivity contribution is 5.91. The Bertz CT molecular complexity index is 876. The maximum absolute atomic E-state index is 12.2. The summed E-state index contributed by atoms with van der Waals surface area (Å²) in [4.78, 5) is 25.1. The predicted octanol–water partition coefficient (Wildman–Crippen LogP) is 3.30. The van der Waals surface area contributed by atoms with E-state index >= 15 is 0 Å². The van der Waals surface area contributed by atoms with E-state index in [1.165, 1.54) is 0 Å². The van der Waals surface area contributed by atoms with Gasteiger partial charge in [-0.1, -0.05) is 5.16 Å². The van der Waals surface area contributed by atoms with E-state index < -0.39 is 6.09 Å². The van der Waals surface area contributed by atoms with Crippen LogP contribution in [0.5, 0.6) is 0 Å². The SMILES string of the molecule is Cc1cc(CC(=O)Nc2cc(C3CCC(C[C@@H]4CCCN4C(=O)O)C3)[nH]n2)no1. The molecule has 0 spiro atoms. The largest absolute Gasteiger partial charge is 0.465 e. The minimum atomic E-state index is -0.795. The minimum absolute atomic E-state index is 0.145. The molecule has 2 aromatic rings. The molecule has 1 saturated carbocycles. The number of carbonyl (C=O) groups excluding carboxylic acids is 1. The number of likely N-dealkylation sites (tertiary alicyclic amines) is 1. The highest BCUT2D eigenvalue weighted by atomic mass is 16.5. The molecule has 3 N–H and O–H groups in total. The molecule has 2 unspecified atom stereocenters. The van der Waals surface area contributed by atoms with Gasteiger partial charge in [0.05, 0.1) is 12.1 Å². The lowest BCUT2D eigenvalue weighted by atomic mass is 9.95. The van der Waals surface area contributed by atoms with Gasteiger partial charge in [0.25, 0.3) is 0 Å². The van der Waals surface area contributed by atoms with Crippen LogP contribution in [0, 0.1) is 12.8 Å². The van der Waals surface area contributed by atoms with Gasteiger partial charge in [0.15, 0.2) is 5.82 Å². The van der Waals surface area contributed by atoms with Crippen LogP contribution in [0.4, 0.5) is 10.6 Å². The maximum atomic E-state index is 12.2. The van der Waals surface area contributed by atoms with Gasteiger partial charge in [0, 0.05) is 36.3 Å². The lowest BCUT2D eigenvalue weighted by Gasteiger charge is -2.24. The zero-order valence-electron chi connectivity index (χ0n) is 16.6. The van der Waals surface area contributed by atoms with Crippen molar-refractivity contribution in [2.24, 2.45) is 5.92 Å². The average molecular weight is 401 g/mol. The van der Waals surface area contributed by atoms with Crippen LogP contribution in [-0.2, 0) is 11.2 Å². The summed E-state index contributed by atoms with van der Waals surface area (Å²) >= 11 is 0. The van der Waals surface area contributed by atoms with Crippen LogP contribution in [0.15, 0.2) is 16.7 Å². The molecule has 156 valence electrons. The second-order valence-electron chi connectivity index (χ2n) is 8.25. The van der Waals surface area contributed by atoms with Gasteiger partial charge in [-0.2, -0.15) is 5.10 Å². The number of hydrogen-bond acceptors (Lipinski definition) is 5. The summed E-state index contributed by atoms with van der Waals surface area (Å²) in [6.45, 7) is 2.45. The third-order valence-corrected chi connectivity index (χ3v) is 6.09. The fourth-order valence-electron chi connectivity index (χ4n) is 4.75. The molecule has 29 heavy (non-hydrogen) atoms. The summed E-state index contributed by atoms with van der Waals surface area (Å²) in [7, 11) is 0. The molecule has 3 atom stereocenters. The minimum Gasteiger partial charge on any atom is -0.465 e. The van der Waals surface area contributed by atoms with Crippen LogP contribution in [0.3, 0.4) is 0 Å². The first-order valence-corrected chi connectivity index (χ1v) is 10.2. The molecule has 3 heterocycles. The normalized spacial score (nSPS) is 24.2. The van der Waals surface area contributed by atoms with Crippen molar-refractivity contribution in [3.63, 3.8) is 0 Å². The number of aromatic nitrogens is 3. The predicted molar refractivity (Wildman–Crippen MR) is 105 cm³/mol. The molecule has 1 aliphatic heterocycles. The first kappa shape index (κ1) is 19.5. The van der Waals surface area contributed by atoms with Gasteiger partial charge in [-0.25, -0.2) is 4.79 Å². The Morgan fingerprint density at radius 2 is 2.21 bits per heavy atom. The maximum Gasteiger partial charge on any atom is 0.407 e.